The average Bonchev–Trinajstić information content (AvgIpc) is 2.44. The predicted molar refractivity (Wildman–Crippen MR) is 72.9 cm³/mol. The van der Waals surface area contributed by atoms with E-state index >= 15 is 0 Å². The Kier molecular flexibility index (Phi) is 5.24. The Balaban J connectivity index is 1.80. The summed E-state index contributed by atoms with van der Waals surface area (Å²) in [5.41, 5.74) is 0. The van der Waals surface area contributed by atoms with Crippen LogP contribution < -0.4 is 10.1 Å². The standard InChI is InChI=1S/C14H23N3O/c1-2-8-16-13-9-15-10-14(17-13)18-11-12-6-4-3-5-7-12/h9-10,12H,2-8,11H2,1H3,(H,16,17). The summed E-state index contributed by atoms with van der Waals surface area (Å²) in [6.45, 7) is 3.83. The van der Waals surface area contributed by atoms with E-state index in [4.69, 9.17) is 4.74 Å². The van der Waals surface area contributed by atoms with Crippen LogP contribution in [0.1, 0.15) is 45.4 Å². The highest BCUT2D eigenvalue weighted by atomic mass is 16.5. The van der Waals surface area contributed by atoms with Crippen LogP contribution in [0, 0.1) is 5.92 Å². The Morgan fingerprint density at radius 1 is 1.28 bits per heavy atom. The van der Waals surface area contributed by atoms with E-state index in [1.807, 2.05) is 0 Å². The molecule has 4 nitrogen and oxygen atoms in total. The minimum Gasteiger partial charge on any atom is -0.476 e. The van der Waals surface area contributed by atoms with Gasteiger partial charge in [0, 0.05) is 6.54 Å². The third kappa shape index (κ3) is 4.17. The number of ether oxygens (including phenoxy) is 1. The molecular formula is C14H23N3O. The third-order valence-electron chi connectivity index (χ3n) is 3.36. The highest BCUT2D eigenvalue weighted by molar-refractivity contribution is 5.32. The van der Waals surface area contributed by atoms with Gasteiger partial charge in [0.25, 0.3) is 0 Å². The Hall–Kier alpha value is -1.32. The molecule has 0 saturated heterocycles. The van der Waals surface area contributed by atoms with Crippen molar-refractivity contribution in [2.75, 3.05) is 18.5 Å². The Bertz CT molecular complexity index is 351. The lowest BCUT2D eigenvalue weighted by Gasteiger charge is -2.21. The van der Waals surface area contributed by atoms with Crippen molar-refractivity contribution in [1.82, 2.24) is 9.97 Å². The van der Waals surface area contributed by atoms with E-state index in [9.17, 15) is 0 Å². The van der Waals surface area contributed by atoms with Gasteiger partial charge in [-0.2, -0.15) is 4.98 Å². The summed E-state index contributed by atoms with van der Waals surface area (Å²) < 4.78 is 5.75. The second-order valence-electron chi connectivity index (χ2n) is 4.98. The molecule has 0 aromatic carbocycles. The first kappa shape index (κ1) is 13.1. The van der Waals surface area contributed by atoms with Crippen LogP contribution in [0.15, 0.2) is 12.4 Å². The smallest absolute Gasteiger partial charge is 0.234 e. The molecule has 1 aromatic rings. The zero-order valence-corrected chi connectivity index (χ0v) is 11.2. The van der Waals surface area contributed by atoms with Gasteiger partial charge in [-0.3, -0.25) is 4.98 Å². The molecule has 1 heterocycles. The summed E-state index contributed by atoms with van der Waals surface area (Å²) in [5, 5.41) is 3.22. The van der Waals surface area contributed by atoms with Crippen molar-refractivity contribution >= 4 is 5.82 Å². The Labute approximate surface area is 109 Å². The highest BCUT2D eigenvalue weighted by Crippen LogP contribution is 2.24. The molecule has 1 aliphatic rings. The molecule has 0 bridgehead atoms. The van der Waals surface area contributed by atoms with Crippen LogP contribution in [0.2, 0.25) is 0 Å². The van der Waals surface area contributed by atoms with E-state index in [-0.39, 0.29) is 0 Å². The van der Waals surface area contributed by atoms with Crippen LogP contribution >= 0.6 is 0 Å². The molecular weight excluding hydrogens is 226 g/mol. The maximum Gasteiger partial charge on any atom is 0.234 e. The monoisotopic (exact) mass is 249 g/mol. The van der Waals surface area contributed by atoms with Gasteiger partial charge in [-0.25, -0.2) is 0 Å². The highest BCUT2D eigenvalue weighted by Gasteiger charge is 2.14. The minimum absolute atomic E-state index is 0.640. The number of hydrogen-bond acceptors (Lipinski definition) is 4. The molecule has 0 aliphatic heterocycles. The second kappa shape index (κ2) is 7.19. The molecule has 1 aliphatic carbocycles. The van der Waals surface area contributed by atoms with Gasteiger partial charge in [0.1, 0.15) is 5.82 Å². The van der Waals surface area contributed by atoms with E-state index < -0.39 is 0 Å². The van der Waals surface area contributed by atoms with E-state index in [0.717, 1.165) is 25.4 Å². The normalized spacial score (nSPS) is 16.5. The Morgan fingerprint density at radius 3 is 2.89 bits per heavy atom. The number of anilines is 1. The summed E-state index contributed by atoms with van der Waals surface area (Å²) in [5.74, 6) is 2.15. The van der Waals surface area contributed by atoms with Crippen molar-refractivity contribution in [2.45, 2.75) is 45.4 Å². The van der Waals surface area contributed by atoms with Crippen LogP contribution in [-0.4, -0.2) is 23.1 Å². The van der Waals surface area contributed by atoms with E-state index in [1.54, 1.807) is 12.4 Å². The lowest BCUT2D eigenvalue weighted by atomic mass is 9.90. The molecule has 0 spiro atoms. The van der Waals surface area contributed by atoms with Crippen LogP contribution in [0.5, 0.6) is 5.88 Å². The van der Waals surface area contributed by atoms with Crippen molar-refractivity contribution in [3.8, 4) is 5.88 Å². The molecule has 1 fully saturated rings. The lowest BCUT2D eigenvalue weighted by Crippen LogP contribution is -2.16. The number of aromatic nitrogens is 2. The summed E-state index contributed by atoms with van der Waals surface area (Å²) in [6.07, 6.45) is 11.2. The Morgan fingerprint density at radius 2 is 2.11 bits per heavy atom. The van der Waals surface area contributed by atoms with Crippen molar-refractivity contribution in [1.29, 1.82) is 0 Å². The molecule has 4 heteroatoms. The van der Waals surface area contributed by atoms with Crippen LogP contribution in [0.3, 0.4) is 0 Å². The fourth-order valence-corrected chi connectivity index (χ4v) is 2.31. The molecule has 100 valence electrons. The average molecular weight is 249 g/mol. The summed E-state index contributed by atoms with van der Waals surface area (Å²) in [4.78, 5) is 8.55. The summed E-state index contributed by atoms with van der Waals surface area (Å²) in [7, 11) is 0. The fourth-order valence-electron chi connectivity index (χ4n) is 2.31. The van der Waals surface area contributed by atoms with Gasteiger partial charge < -0.3 is 10.1 Å². The van der Waals surface area contributed by atoms with Crippen LogP contribution in [0.4, 0.5) is 5.82 Å². The van der Waals surface area contributed by atoms with E-state index in [2.05, 4.69) is 22.2 Å². The van der Waals surface area contributed by atoms with Crippen molar-refractivity contribution in [2.24, 2.45) is 5.92 Å². The van der Waals surface area contributed by atoms with Crippen LogP contribution in [-0.2, 0) is 0 Å². The molecule has 1 saturated carbocycles. The van der Waals surface area contributed by atoms with Gasteiger partial charge in [0.15, 0.2) is 0 Å². The van der Waals surface area contributed by atoms with Gasteiger partial charge in [-0.15, -0.1) is 0 Å². The zero-order valence-electron chi connectivity index (χ0n) is 11.2. The molecule has 0 atom stereocenters. The maximum absolute atomic E-state index is 5.75. The first-order chi connectivity index (χ1) is 8.88. The number of nitrogens with one attached hydrogen (secondary N) is 1. The molecule has 0 radical (unpaired) electrons. The van der Waals surface area contributed by atoms with E-state index in [0.29, 0.717) is 11.8 Å². The van der Waals surface area contributed by atoms with Gasteiger partial charge in [-0.1, -0.05) is 26.2 Å². The molecule has 0 unspecified atom stereocenters. The number of rotatable bonds is 6. The van der Waals surface area contributed by atoms with Crippen LogP contribution in [0.25, 0.3) is 0 Å². The van der Waals surface area contributed by atoms with Crippen molar-refractivity contribution < 1.29 is 4.74 Å². The SMILES string of the molecule is CCCNc1cncc(OCC2CCCCC2)n1. The molecule has 18 heavy (non-hydrogen) atoms. The molecule has 1 aromatic heterocycles. The third-order valence-corrected chi connectivity index (χ3v) is 3.36. The summed E-state index contributed by atoms with van der Waals surface area (Å²) in [6, 6.07) is 0. The topological polar surface area (TPSA) is 47.0 Å². The molecule has 0 amide bonds. The minimum atomic E-state index is 0.640. The largest absolute Gasteiger partial charge is 0.476 e. The van der Waals surface area contributed by atoms with Crippen molar-refractivity contribution in [3.05, 3.63) is 12.4 Å². The first-order valence-corrected chi connectivity index (χ1v) is 7.07. The first-order valence-electron chi connectivity index (χ1n) is 7.07. The fraction of sp³-hybridized carbons (Fsp3) is 0.714. The zero-order chi connectivity index (χ0) is 12.6. The van der Waals surface area contributed by atoms with E-state index in [1.165, 1.54) is 32.1 Å². The lowest BCUT2D eigenvalue weighted by molar-refractivity contribution is 0.202. The van der Waals surface area contributed by atoms with Gasteiger partial charge in [0.2, 0.25) is 5.88 Å². The van der Waals surface area contributed by atoms with Crippen molar-refractivity contribution in [3.63, 3.8) is 0 Å². The predicted octanol–water partition coefficient (Wildman–Crippen LogP) is 3.26. The number of nitrogens with zero attached hydrogens (tertiary/aromatic N) is 2. The molecule has 2 rings (SSSR count). The van der Waals surface area contributed by atoms with Gasteiger partial charge >= 0.3 is 0 Å². The summed E-state index contributed by atoms with van der Waals surface area (Å²) >= 11 is 0. The maximum atomic E-state index is 5.75. The second-order valence-corrected chi connectivity index (χ2v) is 4.98. The van der Waals surface area contributed by atoms with Gasteiger partial charge in [-0.05, 0) is 25.2 Å². The quantitative estimate of drug-likeness (QED) is 0.840. The molecule has 1 N–H and O–H groups in total. The van der Waals surface area contributed by atoms with Gasteiger partial charge in [0.05, 0.1) is 19.0 Å². The number of hydrogen-bond donors (Lipinski definition) is 1.